The molecule has 2 rings (SSSR count). The Balaban J connectivity index is 1.40. The third-order valence-corrected chi connectivity index (χ3v) is 4.54. The first-order valence-corrected chi connectivity index (χ1v) is 10.1. The third kappa shape index (κ3) is 10.2. The van der Waals surface area contributed by atoms with Crippen LogP contribution in [-0.2, 0) is 9.47 Å². The molecule has 7 nitrogen and oxygen atoms in total. The molecular formula is C20H35N5O2. The summed E-state index contributed by atoms with van der Waals surface area (Å²) in [5, 5.41) is 10.0. The molecule has 2 heterocycles. The van der Waals surface area contributed by atoms with E-state index in [0.717, 1.165) is 89.9 Å². The Hall–Kier alpha value is -1.86. The van der Waals surface area contributed by atoms with E-state index in [2.05, 4.69) is 25.9 Å². The van der Waals surface area contributed by atoms with Crippen LogP contribution >= 0.6 is 0 Å². The summed E-state index contributed by atoms with van der Waals surface area (Å²) in [7, 11) is 1.81. The van der Waals surface area contributed by atoms with Gasteiger partial charge in [-0.2, -0.15) is 0 Å². The number of aromatic nitrogens is 1. The van der Waals surface area contributed by atoms with E-state index >= 15 is 0 Å². The Morgan fingerprint density at radius 1 is 1.15 bits per heavy atom. The van der Waals surface area contributed by atoms with Crippen molar-refractivity contribution in [3.05, 3.63) is 24.4 Å². The van der Waals surface area contributed by atoms with Crippen molar-refractivity contribution in [1.29, 1.82) is 0 Å². The highest BCUT2D eigenvalue weighted by molar-refractivity contribution is 5.79. The fraction of sp³-hybridized carbons (Fsp3) is 0.700. The fourth-order valence-corrected chi connectivity index (χ4v) is 2.91. The number of pyridine rings is 1. The Morgan fingerprint density at radius 2 is 1.93 bits per heavy atom. The smallest absolute Gasteiger partial charge is 0.190 e. The second-order valence-corrected chi connectivity index (χ2v) is 6.76. The second kappa shape index (κ2) is 14.2. The molecule has 0 amide bonds. The lowest BCUT2D eigenvalue weighted by Gasteiger charge is -2.21. The highest BCUT2D eigenvalue weighted by atomic mass is 16.5. The number of guanidine groups is 1. The summed E-state index contributed by atoms with van der Waals surface area (Å²) >= 11 is 0. The van der Waals surface area contributed by atoms with Crippen molar-refractivity contribution < 1.29 is 9.47 Å². The van der Waals surface area contributed by atoms with Crippen LogP contribution in [0.15, 0.2) is 29.4 Å². The molecule has 1 saturated heterocycles. The number of unbranched alkanes of at least 4 members (excludes halogenated alkanes) is 1. The highest BCUT2D eigenvalue weighted by Gasteiger charge is 2.13. The zero-order valence-corrected chi connectivity index (χ0v) is 16.6. The molecule has 0 spiro atoms. The molecule has 1 aliphatic rings. The van der Waals surface area contributed by atoms with Crippen molar-refractivity contribution in [3.8, 4) is 0 Å². The maximum atomic E-state index is 5.78. The summed E-state index contributed by atoms with van der Waals surface area (Å²) in [5.41, 5.74) is 0. The molecule has 0 saturated carbocycles. The summed E-state index contributed by atoms with van der Waals surface area (Å²) in [6.07, 6.45) is 7.21. The van der Waals surface area contributed by atoms with E-state index in [-0.39, 0.29) is 0 Å². The predicted molar refractivity (Wildman–Crippen MR) is 110 cm³/mol. The number of anilines is 1. The van der Waals surface area contributed by atoms with Crippen LogP contribution in [0.5, 0.6) is 0 Å². The zero-order chi connectivity index (χ0) is 19.0. The number of nitrogens with zero attached hydrogens (tertiary/aromatic N) is 2. The van der Waals surface area contributed by atoms with E-state index in [4.69, 9.17) is 9.47 Å². The topological polar surface area (TPSA) is 79.8 Å². The standard InChI is InChI=1S/C20H35N5O2/c1-21-20(24-12-5-4-11-23-19-7-2-3-10-22-19)25-13-6-14-27-17-18-8-15-26-16-9-18/h2-3,7,10,18H,4-6,8-9,11-17H2,1H3,(H,22,23)(H2,21,24,25). The summed E-state index contributed by atoms with van der Waals surface area (Å²) in [6.45, 7) is 6.13. The molecule has 1 aromatic rings. The van der Waals surface area contributed by atoms with Gasteiger partial charge in [-0.1, -0.05) is 6.07 Å². The van der Waals surface area contributed by atoms with Crippen LogP contribution in [0.4, 0.5) is 5.82 Å². The summed E-state index contributed by atoms with van der Waals surface area (Å²) in [5.74, 6) is 2.47. The van der Waals surface area contributed by atoms with Crippen molar-refractivity contribution in [1.82, 2.24) is 15.6 Å². The van der Waals surface area contributed by atoms with Gasteiger partial charge in [0.15, 0.2) is 5.96 Å². The van der Waals surface area contributed by atoms with Crippen molar-refractivity contribution >= 4 is 11.8 Å². The molecule has 0 unspecified atom stereocenters. The molecule has 1 fully saturated rings. The van der Waals surface area contributed by atoms with Crippen LogP contribution < -0.4 is 16.0 Å². The first-order valence-electron chi connectivity index (χ1n) is 10.1. The monoisotopic (exact) mass is 377 g/mol. The first kappa shape index (κ1) is 21.4. The molecule has 7 heteroatoms. The maximum Gasteiger partial charge on any atom is 0.190 e. The summed E-state index contributed by atoms with van der Waals surface area (Å²) < 4.78 is 11.1. The minimum atomic E-state index is 0.674. The average Bonchev–Trinajstić information content (AvgIpc) is 2.73. The molecule has 0 atom stereocenters. The Labute approximate surface area is 163 Å². The molecule has 1 aromatic heterocycles. The van der Waals surface area contributed by atoms with E-state index in [9.17, 15) is 0 Å². The van der Waals surface area contributed by atoms with Crippen molar-refractivity contribution in [3.63, 3.8) is 0 Å². The normalized spacial score (nSPS) is 15.5. The van der Waals surface area contributed by atoms with Gasteiger partial charge < -0.3 is 25.4 Å². The van der Waals surface area contributed by atoms with Gasteiger partial charge in [-0.3, -0.25) is 4.99 Å². The lowest BCUT2D eigenvalue weighted by atomic mass is 10.0. The Bertz CT molecular complexity index is 506. The zero-order valence-electron chi connectivity index (χ0n) is 16.6. The van der Waals surface area contributed by atoms with Crippen LogP contribution in [-0.4, -0.2) is 64.1 Å². The highest BCUT2D eigenvalue weighted by Crippen LogP contribution is 2.14. The van der Waals surface area contributed by atoms with Crippen LogP contribution in [0.1, 0.15) is 32.1 Å². The maximum absolute atomic E-state index is 5.78. The van der Waals surface area contributed by atoms with Gasteiger partial charge in [0, 0.05) is 59.3 Å². The summed E-state index contributed by atoms with van der Waals surface area (Å²) in [6, 6.07) is 5.89. The number of nitrogens with one attached hydrogen (secondary N) is 3. The SMILES string of the molecule is CN=C(NCCCCNc1ccccn1)NCCCOCC1CCOCC1. The number of aliphatic imine (C=N–C) groups is 1. The van der Waals surface area contributed by atoms with E-state index < -0.39 is 0 Å². The van der Waals surface area contributed by atoms with E-state index in [1.54, 1.807) is 13.2 Å². The van der Waals surface area contributed by atoms with Crippen LogP contribution in [0.2, 0.25) is 0 Å². The molecular weight excluding hydrogens is 342 g/mol. The number of ether oxygens (including phenoxy) is 2. The molecule has 27 heavy (non-hydrogen) atoms. The largest absolute Gasteiger partial charge is 0.381 e. The molecule has 152 valence electrons. The van der Waals surface area contributed by atoms with Crippen molar-refractivity contribution in [2.45, 2.75) is 32.1 Å². The van der Waals surface area contributed by atoms with E-state index in [0.29, 0.717) is 5.92 Å². The molecule has 0 radical (unpaired) electrons. The Morgan fingerprint density at radius 3 is 2.67 bits per heavy atom. The van der Waals surface area contributed by atoms with Crippen molar-refractivity contribution in [2.75, 3.05) is 58.4 Å². The van der Waals surface area contributed by atoms with Gasteiger partial charge in [0.25, 0.3) is 0 Å². The number of hydrogen-bond acceptors (Lipinski definition) is 5. The van der Waals surface area contributed by atoms with Crippen LogP contribution in [0, 0.1) is 5.92 Å². The fourth-order valence-electron chi connectivity index (χ4n) is 2.91. The number of rotatable bonds is 12. The van der Waals surface area contributed by atoms with Gasteiger partial charge in [0.2, 0.25) is 0 Å². The third-order valence-electron chi connectivity index (χ3n) is 4.54. The molecule has 0 aliphatic carbocycles. The van der Waals surface area contributed by atoms with Gasteiger partial charge >= 0.3 is 0 Å². The molecule has 3 N–H and O–H groups in total. The lowest BCUT2D eigenvalue weighted by molar-refractivity contribution is 0.0203. The van der Waals surface area contributed by atoms with Gasteiger partial charge in [0.1, 0.15) is 5.82 Å². The minimum absolute atomic E-state index is 0.674. The predicted octanol–water partition coefficient (Wildman–Crippen LogP) is 2.27. The lowest BCUT2D eigenvalue weighted by Crippen LogP contribution is -2.38. The van der Waals surface area contributed by atoms with Crippen LogP contribution in [0.3, 0.4) is 0 Å². The van der Waals surface area contributed by atoms with Gasteiger partial charge in [0.05, 0.1) is 0 Å². The molecule has 0 aromatic carbocycles. The average molecular weight is 378 g/mol. The van der Waals surface area contributed by atoms with E-state index in [1.807, 2.05) is 18.2 Å². The van der Waals surface area contributed by atoms with Gasteiger partial charge in [-0.25, -0.2) is 4.98 Å². The minimum Gasteiger partial charge on any atom is -0.381 e. The van der Waals surface area contributed by atoms with Gasteiger partial charge in [-0.15, -0.1) is 0 Å². The van der Waals surface area contributed by atoms with Gasteiger partial charge in [-0.05, 0) is 50.2 Å². The van der Waals surface area contributed by atoms with E-state index in [1.165, 1.54) is 0 Å². The Kier molecular flexibility index (Phi) is 11.3. The van der Waals surface area contributed by atoms with Crippen molar-refractivity contribution in [2.24, 2.45) is 10.9 Å². The number of hydrogen-bond donors (Lipinski definition) is 3. The van der Waals surface area contributed by atoms with Crippen LogP contribution in [0.25, 0.3) is 0 Å². The molecule has 1 aliphatic heterocycles. The first-order chi connectivity index (χ1) is 13.4. The molecule has 0 bridgehead atoms. The summed E-state index contributed by atoms with van der Waals surface area (Å²) in [4.78, 5) is 8.51. The second-order valence-electron chi connectivity index (χ2n) is 6.76. The quantitative estimate of drug-likeness (QED) is 0.295.